The summed E-state index contributed by atoms with van der Waals surface area (Å²) in [5.74, 6) is -1.12. The Bertz CT molecular complexity index is 1070. The fraction of sp³-hybridized carbons (Fsp3) is 0.409. The van der Waals surface area contributed by atoms with E-state index in [1.165, 1.54) is 30.3 Å². The van der Waals surface area contributed by atoms with Gasteiger partial charge in [0.15, 0.2) is 0 Å². The summed E-state index contributed by atoms with van der Waals surface area (Å²) >= 11 is 0. The van der Waals surface area contributed by atoms with Crippen molar-refractivity contribution in [1.82, 2.24) is 4.98 Å². The van der Waals surface area contributed by atoms with Crippen molar-refractivity contribution in [2.24, 2.45) is 10.7 Å². The molecule has 0 saturated carbocycles. The molecule has 37 heavy (non-hydrogen) atoms. The summed E-state index contributed by atoms with van der Waals surface area (Å²) in [5.41, 5.74) is 11.1. The molecular formula is C22H29F4N5O6. The van der Waals surface area contributed by atoms with Gasteiger partial charge in [-0.25, -0.2) is 4.39 Å². The second-order valence-corrected chi connectivity index (χ2v) is 8.58. The zero-order valence-electron chi connectivity index (χ0n) is 20.4. The Labute approximate surface area is 209 Å². The quantitative estimate of drug-likeness (QED) is 0.252. The Kier molecular flexibility index (Phi) is 10.7. The van der Waals surface area contributed by atoms with Gasteiger partial charge >= 0.3 is 12.8 Å². The molecule has 8 N–H and O–H groups in total. The lowest BCUT2D eigenvalue weighted by Crippen LogP contribution is -2.50. The number of halogens is 4. The first kappa shape index (κ1) is 31.5. The number of amidine groups is 1. The third-order valence-corrected chi connectivity index (χ3v) is 4.31. The molecule has 1 aliphatic heterocycles. The first-order valence-corrected chi connectivity index (χ1v) is 10.4. The highest BCUT2D eigenvalue weighted by atomic mass is 19.4. The van der Waals surface area contributed by atoms with Gasteiger partial charge in [-0.3, -0.25) is 9.79 Å². The third-order valence-electron chi connectivity index (χ3n) is 4.31. The SMILES string of the molecule is CC1(C)COC(C)(C)C(N)=N1.FC(F)F.Nc1nc(OC(O)(O)O)ccc1C(=O)Nc1ccc(F)cc1. The lowest BCUT2D eigenvalue weighted by atomic mass is 10.0. The predicted molar refractivity (Wildman–Crippen MR) is 126 cm³/mol. The monoisotopic (exact) mass is 535 g/mol. The Morgan fingerprint density at radius 1 is 1.08 bits per heavy atom. The minimum atomic E-state index is -3.67. The number of hydrogen-bond donors (Lipinski definition) is 6. The van der Waals surface area contributed by atoms with E-state index in [4.69, 9.17) is 31.5 Å². The molecule has 0 bridgehead atoms. The summed E-state index contributed by atoms with van der Waals surface area (Å²) in [6, 6.07) is 7.41. The molecule has 206 valence electrons. The number of nitrogen functional groups attached to an aromatic ring is 1. The van der Waals surface area contributed by atoms with Crippen LogP contribution in [0.1, 0.15) is 38.1 Å². The fourth-order valence-electron chi connectivity index (χ4n) is 2.50. The van der Waals surface area contributed by atoms with E-state index in [2.05, 4.69) is 20.0 Å². The second kappa shape index (κ2) is 12.6. The number of nitrogens with one attached hydrogen (secondary N) is 1. The van der Waals surface area contributed by atoms with Crippen LogP contribution in [0.2, 0.25) is 0 Å². The normalized spacial score (nSPS) is 15.8. The lowest BCUT2D eigenvalue weighted by Gasteiger charge is -2.35. The summed E-state index contributed by atoms with van der Waals surface area (Å²) < 4.78 is 51.6. The maximum atomic E-state index is 12.8. The second-order valence-electron chi connectivity index (χ2n) is 8.58. The average molecular weight is 535 g/mol. The molecule has 0 aliphatic carbocycles. The molecule has 3 rings (SSSR count). The minimum Gasteiger partial charge on any atom is -0.399 e. The Morgan fingerprint density at radius 3 is 2.05 bits per heavy atom. The molecule has 1 aromatic carbocycles. The van der Waals surface area contributed by atoms with E-state index in [0.717, 1.165) is 6.07 Å². The first-order valence-electron chi connectivity index (χ1n) is 10.4. The van der Waals surface area contributed by atoms with Crippen LogP contribution in [0.3, 0.4) is 0 Å². The summed E-state index contributed by atoms with van der Waals surface area (Å²) in [4.78, 5) is 19.9. The molecule has 11 nitrogen and oxygen atoms in total. The van der Waals surface area contributed by atoms with E-state index in [-0.39, 0.29) is 22.5 Å². The molecule has 1 aliphatic rings. The maximum absolute atomic E-state index is 12.8. The van der Waals surface area contributed by atoms with Crippen LogP contribution < -0.4 is 21.5 Å². The smallest absolute Gasteiger partial charge is 0.399 e. The van der Waals surface area contributed by atoms with Gasteiger partial charge in [-0.15, -0.1) is 0 Å². The predicted octanol–water partition coefficient (Wildman–Crippen LogP) is 2.13. The molecular weight excluding hydrogens is 506 g/mol. The molecule has 0 saturated heterocycles. The zero-order valence-corrected chi connectivity index (χ0v) is 20.4. The molecule has 0 spiro atoms. The van der Waals surface area contributed by atoms with Gasteiger partial charge in [-0.05, 0) is 58.0 Å². The molecule has 2 heterocycles. The molecule has 0 unspecified atom stereocenters. The number of pyridine rings is 1. The van der Waals surface area contributed by atoms with Gasteiger partial charge in [0.25, 0.3) is 5.91 Å². The van der Waals surface area contributed by atoms with Crippen LogP contribution in [0.5, 0.6) is 5.88 Å². The van der Waals surface area contributed by atoms with Crippen molar-refractivity contribution in [3.63, 3.8) is 0 Å². The standard InChI is InChI=1S/C13H12FN3O5.C8H16N2O.CHF3/c14-7-1-3-8(4-2-7)16-12(18)9-5-6-10(17-11(9)15)22-13(19,20)21;1-7(2)5-11-8(3,4)6(9)10-7;2-1(3)4/h1-6,19-21H,(H2,15,17)(H,16,18);5H2,1-4H3,(H2,9,10);1H. The van der Waals surface area contributed by atoms with Gasteiger partial charge < -0.3 is 41.6 Å². The van der Waals surface area contributed by atoms with Crippen molar-refractivity contribution >= 4 is 23.2 Å². The number of rotatable bonds is 4. The van der Waals surface area contributed by atoms with Crippen LogP contribution in [-0.4, -0.2) is 62.6 Å². The van der Waals surface area contributed by atoms with Crippen molar-refractivity contribution in [3.8, 4) is 5.88 Å². The van der Waals surface area contributed by atoms with E-state index in [1.807, 2.05) is 27.7 Å². The maximum Gasteiger partial charge on any atom is 0.454 e. The van der Waals surface area contributed by atoms with Gasteiger partial charge in [-0.1, -0.05) is 0 Å². The third kappa shape index (κ3) is 11.8. The Morgan fingerprint density at radius 2 is 1.62 bits per heavy atom. The van der Waals surface area contributed by atoms with Crippen LogP contribution in [0.4, 0.5) is 29.1 Å². The number of carbonyl (C=O) groups is 1. The Hall–Kier alpha value is -3.53. The van der Waals surface area contributed by atoms with Gasteiger partial charge in [-0.2, -0.15) is 18.2 Å². The van der Waals surface area contributed by atoms with E-state index >= 15 is 0 Å². The summed E-state index contributed by atoms with van der Waals surface area (Å²) in [5, 5.41) is 28.4. The van der Waals surface area contributed by atoms with Crippen LogP contribution >= 0.6 is 0 Å². The van der Waals surface area contributed by atoms with Crippen LogP contribution in [-0.2, 0) is 4.74 Å². The number of hydrogen-bond acceptors (Lipinski definition) is 10. The van der Waals surface area contributed by atoms with E-state index in [9.17, 15) is 22.4 Å². The van der Waals surface area contributed by atoms with Gasteiger partial charge in [0, 0.05) is 11.8 Å². The molecule has 0 radical (unpaired) electrons. The molecule has 0 atom stereocenters. The summed E-state index contributed by atoms with van der Waals surface area (Å²) in [6.07, 6.45) is -3.41. The van der Waals surface area contributed by atoms with Crippen molar-refractivity contribution in [1.29, 1.82) is 0 Å². The molecule has 2 aromatic rings. The average Bonchev–Trinajstić information content (AvgIpc) is 2.72. The molecule has 0 fully saturated rings. The largest absolute Gasteiger partial charge is 0.454 e. The van der Waals surface area contributed by atoms with Crippen LogP contribution in [0.25, 0.3) is 0 Å². The topological polar surface area (TPSA) is 186 Å². The number of amides is 1. The highest BCUT2D eigenvalue weighted by Crippen LogP contribution is 2.23. The lowest BCUT2D eigenvalue weighted by molar-refractivity contribution is -0.420. The van der Waals surface area contributed by atoms with Crippen molar-refractivity contribution in [2.45, 2.75) is 51.7 Å². The number of benzene rings is 1. The molecule has 1 aromatic heterocycles. The number of aliphatic hydroxyl groups is 3. The van der Waals surface area contributed by atoms with E-state index in [1.54, 1.807) is 0 Å². The van der Waals surface area contributed by atoms with E-state index < -0.39 is 30.4 Å². The highest BCUT2D eigenvalue weighted by molar-refractivity contribution is 6.07. The van der Waals surface area contributed by atoms with Crippen molar-refractivity contribution < 1.29 is 47.1 Å². The number of nitrogens with zero attached hydrogens (tertiary/aromatic N) is 2. The number of anilines is 2. The van der Waals surface area contributed by atoms with Crippen LogP contribution in [0.15, 0.2) is 41.4 Å². The number of alkyl halides is 3. The zero-order chi connectivity index (χ0) is 28.6. The number of aliphatic imine (C=N–C) groups is 1. The number of nitrogens with two attached hydrogens (primary N) is 2. The summed E-state index contributed by atoms with van der Waals surface area (Å²) in [7, 11) is 0. The van der Waals surface area contributed by atoms with Gasteiger partial charge in [0.1, 0.15) is 23.1 Å². The number of ether oxygens (including phenoxy) is 2. The van der Waals surface area contributed by atoms with Crippen molar-refractivity contribution in [2.75, 3.05) is 17.7 Å². The summed E-state index contributed by atoms with van der Waals surface area (Å²) in [6.45, 7) is 4.85. The molecule has 1 amide bonds. The first-order chi connectivity index (χ1) is 16.8. The van der Waals surface area contributed by atoms with Gasteiger partial charge in [0.2, 0.25) is 5.88 Å². The highest BCUT2D eigenvalue weighted by Gasteiger charge is 2.33. The minimum absolute atomic E-state index is 0.0175. The van der Waals surface area contributed by atoms with E-state index in [0.29, 0.717) is 18.1 Å². The van der Waals surface area contributed by atoms with Crippen LogP contribution in [0, 0.1) is 5.82 Å². The Balaban J connectivity index is 0.000000379. The van der Waals surface area contributed by atoms with Crippen molar-refractivity contribution in [3.05, 3.63) is 47.8 Å². The van der Waals surface area contributed by atoms with Gasteiger partial charge in [0.05, 0.1) is 17.7 Å². The number of aromatic nitrogens is 1. The number of carbonyl (C=O) groups excluding carboxylic acids is 1. The fourth-order valence-corrected chi connectivity index (χ4v) is 2.50. The molecule has 15 heteroatoms.